The Bertz CT molecular complexity index is 398. The summed E-state index contributed by atoms with van der Waals surface area (Å²) in [5.74, 6) is 0. The Morgan fingerprint density at radius 3 is 2.42 bits per heavy atom. The number of rotatable bonds is 1. The zero-order chi connectivity index (χ0) is 9.35. The molecule has 0 amide bonds. The molecular weight excluding hydrogens is 176 g/mol. The number of pyridine rings is 1. The molecule has 0 saturated heterocycles. The van der Waals surface area contributed by atoms with Gasteiger partial charge in [-0.15, -0.1) is 0 Å². The van der Waals surface area contributed by atoms with E-state index in [2.05, 4.69) is 4.98 Å². The summed E-state index contributed by atoms with van der Waals surface area (Å²) >= 11 is 0. The van der Waals surface area contributed by atoms with Crippen LogP contribution in [0.2, 0.25) is 0 Å². The van der Waals surface area contributed by atoms with E-state index < -0.39 is 10.0 Å². The lowest BCUT2D eigenvalue weighted by Gasteiger charge is -2.03. The minimum atomic E-state index is -3.60. The zero-order valence-electron chi connectivity index (χ0n) is 6.90. The first-order valence-corrected chi connectivity index (χ1v) is 4.92. The molecular formula is C7H10N2O2S. The molecule has 0 aliphatic heterocycles. The number of nitrogens with two attached hydrogens (primary N) is 1. The number of aromatic nitrogens is 1. The molecule has 0 aromatic carbocycles. The van der Waals surface area contributed by atoms with Crippen molar-refractivity contribution in [3.63, 3.8) is 0 Å². The normalized spacial score (nSPS) is 11.6. The van der Waals surface area contributed by atoms with Crippen molar-refractivity contribution in [2.45, 2.75) is 18.7 Å². The molecule has 0 fully saturated rings. The van der Waals surface area contributed by atoms with Crippen molar-refractivity contribution in [2.24, 2.45) is 5.14 Å². The van der Waals surface area contributed by atoms with E-state index in [1.165, 1.54) is 12.3 Å². The van der Waals surface area contributed by atoms with Gasteiger partial charge in [-0.1, -0.05) is 0 Å². The van der Waals surface area contributed by atoms with E-state index >= 15 is 0 Å². The van der Waals surface area contributed by atoms with Crippen molar-refractivity contribution >= 4 is 10.0 Å². The molecule has 0 atom stereocenters. The van der Waals surface area contributed by atoms with E-state index in [-0.39, 0.29) is 4.90 Å². The number of sulfonamides is 1. The largest absolute Gasteiger partial charge is 0.261 e. The third-order valence-corrected chi connectivity index (χ3v) is 2.77. The fourth-order valence-electron chi connectivity index (χ4n) is 0.925. The van der Waals surface area contributed by atoms with Gasteiger partial charge in [0, 0.05) is 11.9 Å². The molecule has 12 heavy (non-hydrogen) atoms. The summed E-state index contributed by atoms with van der Waals surface area (Å²) in [5, 5.41) is 4.97. The maximum absolute atomic E-state index is 11.0. The molecule has 0 radical (unpaired) electrons. The fraction of sp³-hybridized carbons (Fsp3) is 0.286. The molecule has 0 saturated carbocycles. The van der Waals surface area contributed by atoms with Crippen LogP contribution in [0, 0.1) is 13.8 Å². The van der Waals surface area contributed by atoms with Gasteiger partial charge in [-0.2, -0.15) is 0 Å². The van der Waals surface area contributed by atoms with Gasteiger partial charge in [-0.3, -0.25) is 4.98 Å². The summed E-state index contributed by atoms with van der Waals surface area (Å²) in [7, 11) is -3.60. The number of nitrogens with zero attached hydrogens (tertiary/aromatic N) is 1. The third-order valence-electron chi connectivity index (χ3n) is 1.71. The van der Waals surface area contributed by atoms with Gasteiger partial charge in [0.2, 0.25) is 10.0 Å². The highest BCUT2D eigenvalue weighted by atomic mass is 32.2. The maximum atomic E-state index is 11.0. The van der Waals surface area contributed by atoms with E-state index in [4.69, 9.17) is 5.14 Å². The lowest BCUT2D eigenvalue weighted by Crippen LogP contribution is -2.14. The molecule has 4 nitrogen and oxygen atoms in total. The van der Waals surface area contributed by atoms with Crippen molar-refractivity contribution in [1.82, 2.24) is 4.98 Å². The second kappa shape index (κ2) is 2.84. The molecule has 0 spiro atoms. The molecule has 1 heterocycles. The van der Waals surface area contributed by atoms with Crippen molar-refractivity contribution in [3.8, 4) is 0 Å². The van der Waals surface area contributed by atoms with Crippen LogP contribution in [0.5, 0.6) is 0 Å². The Morgan fingerprint density at radius 2 is 2.00 bits per heavy atom. The Kier molecular flexibility index (Phi) is 2.16. The van der Waals surface area contributed by atoms with Crippen LogP contribution in [0.15, 0.2) is 17.2 Å². The summed E-state index contributed by atoms with van der Waals surface area (Å²) in [5.41, 5.74) is 1.29. The lowest BCUT2D eigenvalue weighted by atomic mass is 10.2. The average molecular weight is 186 g/mol. The number of primary sulfonamides is 1. The van der Waals surface area contributed by atoms with Crippen LogP contribution >= 0.6 is 0 Å². The number of aryl methyl sites for hydroxylation is 1. The first-order valence-electron chi connectivity index (χ1n) is 3.38. The fourth-order valence-corrected chi connectivity index (χ4v) is 1.75. The Hall–Kier alpha value is -0.940. The molecule has 1 aromatic heterocycles. The van der Waals surface area contributed by atoms with Gasteiger partial charge >= 0.3 is 0 Å². The van der Waals surface area contributed by atoms with E-state index in [0.717, 1.165) is 0 Å². The topological polar surface area (TPSA) is 73.0 Å². The van der Waals surface area contributed by atoms with Crippen LogP contribution in [0.1, 0.15) is 11.3 Å². The van der Waals surface area contributed by atoms with Gasteiger partial charge in [-0.25, -0.2) is 13.6 Å². The summed E-state index contributed by atoms with van der Waals surface area (Å²) in [6, 6.07) is 1.40. The van der Waals surface area contributed by atoms with Crippen LogP contribution in [-0.2, 0) is 10.0 Å². The van der Waals surface area contributed by atoms with Crippen LogP contribution in [0.4, 0.5) is 0 Å². The van der Waals surface area contributed by atoms with Gasteiger partial charge in [0.05, 0.1) is 4.90 Å². The maximum Gasteiger partial charge on any atom is 0.238 e. The predicted octanol–water partition coefficient (Wildman–Crippen LogP) is 0.346. The highest BCUT2D eigenvalue weighted by Gasteiger charge is 2.11. The number of hydrogen-bond donors (Lipinski definition) is 1. The van der Waals surface area contributed by atoms with Crippen LogP contribution < -0.4 is 5.14 Å². The predicted molar refractivity (Wildman–Crippen MR) is 45.1 cm³/mol. The van der Waals surface area contributed by atoms with Gasteiger partial charge in [-0.05, 0) is 25.5 Å². The third kappa shape index (κ3) is 1.62. The van der Waals surface area contributed by atoms with Gasteiger partial charge in [0.1, 0.15) is 0 Å². The highest BCUT2D eigenvalue weighted by Crippen LogP contribution is 2.13. The summed E-state index contributed by atoms with van der Waals surface area (Å²) < 4.78 is 21.9. The summed E-state index contributed by atoms with van der Waals surface area (Å²) in [6.45, 7) is 3.42. The Morgan fingerprint density at radius 1 is 1.42 bits per heavy atom. The highest BCUT2D eigenvalue weighted by molar-refractivity contribution is 7.89. The van der Waals surface area contributed by atoms with Gasteiger partial charge < -0.3 is 0 Å². The average Bonchev–Trinajstić information content (AvgIpc) is 1.92. The van der Waals surface area contributed by atoms with Crippen molar-refractivity contribution in [3.05, 3.63) is 23.5 Å². The van der Waals surface area contributed by atoms with Gasteiger partial charge in [0.15, 0.2) is 0 Å². The second-order valence-electron chi connectivity index (χ2n) is 2.56. The lowest BCUT2D eigenvalue weighted by molar-refractivity contribution is 0.597. The quantitative estimate of drug-likeness (QED) is 0.687. The van der Waals surface area contributed by atoms with Crippen molar-refractivity contribution in [2.75, 3.05) is 0 Å². The van der Waals surface area contributed by atoms with Crippen LogP contribution in [0.3, 0.4) is 0 Å². The summed E-state index contributed by atoms with van der Waals surface area (Å²) in [6.07, 6.45) is 1.43. The summed E-state index contributed by atoms with van der Waals surface area (Å²) in [4.78, 5) is 4.08. The van der Waals surface area contributed by atoms with Crippen molar-refractivity contribution < 1.29 is 8.42 Å². The molecule has 1 rings (SSSR count). The van der Waals surface area contributed by atoms with E-state index in [1.807, 2.05) is 0 Å². The Balaban J connectivity index is 3.47. The SMILES string of the molecule is Cc1nccc(S(N)(=O)=O)c1C. The number of hydrogen-bond acceptors (Lipinski definition) is 3. The molecule has 2 N–H and O–H groups in total. The molecule has 1 aromatic rings. The van der Waals surface area contributed by atoms with Crippen molar-refractivity contribution in [1.29, 1.82) is 0 Å². The van der Waals surface area contributed by atoms with E-state index in [9.17, 15) is 8.42 Å². The standard InChI is InChI=1S/C7H10N2O2S/c1-5-6(2)9-4-3-7(5)12(8,10)11/h3-4H,1-2H3,(H2,8,10,11). The smallest absolute Gasteiger partial charge is 0.238 e. The van der Waals surface area contributed by atoms with Crippen LogP contribution in [0.25, 0.3) is 0 Å². The van der Waals surface area contributed by atoms with Crippen LogP contribution in [-0.4, -0.2) is 13.4 Å². The Labute approximate surface area is 71.5 Å². The van der Waals surface area contributed by atoms with Gasteiger partial charge in [0.25, 0.3) is 0 Å². The zero-order valence-corrected chi connectivity index (χ0v) is 7.72. The molecule has 0 unspecified atom stereocenters. The molecule has 5 heteroatoms. The molecule has 0 aliphatic rings. The minimum Gasteiger partial charge on any atom is -0.261 e. The molecule has 66 valence electrons. The van der Waals surface area contributed by atoms with E-state index in [1.54, 1.807) is 13.8 Å². The van der Waals surface area contributed by atoms with E-state index in [0.29, 0.717) is 11.3 Å². The first-order chi connectivity index (χ1) is 5.43. The molecule has 0 aliphatic carbocycles. The second-order valence-corrected chi connectivity index (χ2v) is 4.09. The monoisotopic (exact) mass is 186 g/mol. The first kappa shape index (κ1) is 9.15. The minimum absolute atomic E-state index is 0.148. The molecule has 0 bridgehead atoms.